The monoisotopic (exact) mass is 277 g/mol. The molecule has 2 N–H and O–H groups in total. The fourth-order valence-electron chi connectivity index (χ4n) is 2.56. The Hall–Kier alpha value is -1.68. The van der Waals surface area contributed by atoms with E-state index in [1.165, 1.54) is 18.2 Å². The highest BCUT2D eigenvalue weighted by Crippen LogP contribution is 2.27. The van der Waals surface area contributed by atoms with Crippen LogP contribution in [0.2, 0.25) is 0 Å². The van der Waals surface area contributed by atoms with Crippen molar-refractivity contribution in [3.8, 4) is 0 Å². The Morgan fingerprint density at radius 2 is 2.20 bits per heavy atom. The molecule has 3 nitrogen and oxygen atoms in total. The number of hydrogen-bond donors (Lipinski definition) is 2. The van der Waals surface area contributed by atoms with E-state index in [9.17, 15) is 14.3 Å². The van der Waals surface area contributed by atoms with Crippen LogP contribution in [0.15, 0.2) is 30.3 Å². The Labute approximate surface area is 118 Å². The lowest BCUT2D eigenvalue weighted by atomic mass is 10.0. The molecule has 108 valence electrons. The number of aliphatic hydroxyl groups is 1. The summed E-state index contributed by atoms with van der Waals surface area (Å²) >= 11 is 0. The number of carbonyl (C=O) groups is 1. The van der Waals surface area contributed by atoms with E-state index in [1.807, 2.05) is 0 Å². The summed E-state index contributed by atoms with van der Waals surface area (Å²) in [5.41, 5.74) is 0.636. The second kappa shape index (κ2) is 7.20. The van der Waals surface area contributed by atoms with Gasteiger partial charge < -0.3 is 10.4 Å². The van der Waals surface area contributed by atoms with Gasteiger partial charge in [-0.1, -0.05) is 25.0 Å². The summed E-state index contributed by atoms with van der Waals surface area (Å²) < 4.78 is 13.0. The van der Waals surface area contributed by atoms with Gasteiger partial charge in [0.25, 0.3) is 0 Å². The van der Waals surface area contributed by atoms with Crippen molar-refractivity contribution in [1.29, 1.82) is 0 Å². The van der Waals surface area contributed by atoms with Gasteiger partial charge in [-0.15, -0.1) is 0 Å². The first-order valence-corrected chi connectivity index (χ1v) is 7.04. The van der Waals surface area contributed by atoms with E-state index in [1.54, 1.807) is 18.2 Å². The predicted molar refractivity (Wildman–Crippen MR) is 76.4 cm³/mol. The molecule has 1 amide bonds. The third kappa shape index (κ3) is 4.46. The Bertz CT molecular complexity index is 481. The lowest BCUT2D eigenvalue weighted by Crippen LogP contribution is -2.34. The van der Waals surface area contributed by atoms with Crippen molar-refractivity contribution < 1.29 is 14.3 Å². The van der Waals surface area contributed by atoms with Crippen molar-refractivity contribution in [3.05, 3.63) is 41.7 Å². The topological polar surface area (TPSA) is 49.3 Å². The van der Waals surface area contributed by atoms with Crippen molar-refractivity contribution in [2.24, 2.45) is 5.92 Å². The summed E-state index contributed by atoms with van der Waals surface area (Å²) in [5, 5.41) is 12.6. The largest absolute Gasteiger partial charge is 0.391 e. The minimum Gasteiger partial charge on any atom is -0.391 e. The normalized spacial score (nSPS) is 17.5. The second-order valence-electron chi connectivity index (χ2n) is 5.25. The molecule has 2 rings (SSSR count). The molecule has 1 saturated carbocycles. The minimum absolute atomic E-state index is 0.272. The number of amides is 1. The van der Waals surface area contributed by atoms with Crippen molar-refractivity contribution in [1.82, 2.24) is 5.32 Å². The van der Waals surface area contributed by atoms with E-state index >= 15 is 0 Å². The molecule has 1 atom stereocenters. The summed E-state index contributed by atoms with van der Waals surface area (Å²) in [6, 6.07) is 6.03. The molecule has 0 spiro atoms. The molecule has 1 aromatic rings. The maximum atomic E-state index is 13.0. The first-order chi connectivity index (χ1) is 9.65. The summed E-state index contributed by atoms with van der Waals surface area (Å²) in [4.78, 5) is 11.6. The van der Waals surface area contributed by atoms with Gasteiger partial charge in [0.1, 0.15) is 5.82 Å². The molecule has 1 aromatic carbocycles. The smallest absolute Gasteiger partial charge is 0.244 e. The molecule has 0 radical (unpaired) electrons. The summed E-state index contributed by atoms with van der Waals surface area (Å²) in [6.07, 6.45) is 6.84. The number of aliphatic hydroxyl groups excluding tert-OH is 1. The number of halogens is 1. The van der Waals surface area contributed by atoms with Crippen LogP contribution in [0.3, 0.4) is 0 Å². The molecule has 0 aliphatic heterocycles. The van der Waals surface area contributed by atoms with E-state index < -0.39 is 6.10 Å². The van der Waals surface area contributed by atoms with Crippen LogP contribution in [0.4, 0.5) is 4.39 Å². The molecular formula is C16H20FNO2. The first-order valence-electron chi connectivity index (χ1n) is 7.04. The standard InChI is InChI=1S/C16H20FNO2/c17-14-7-3-4-12(10-14)8-9-16(20)18-11-15(19)13-5-1-2-6-13/h3-4,7-10,13,15,19H,1-2,5-6,11H2,(H,18,20)/b9-8+. The Morgan fingerprint density at radius 3 is 2.90 bits per heavy atom. The van der Waals surface area contributed by atoms with Crippen LogP contribution < -0.4 is 5.32 Å². The molecule has 1 aliphatic carbocycles. The summed E-state index contributed by atoms with van der Waals surface area (Å²) in [6.45, 7) is 0.275. The van der Waals surface area contributed by atoms with Gasteiger partial charge >= 0.3 is 0 Å². The zero-order chi connectivity index (χ0) is 14.4. The highest BCUT2D eigenvalue weighted by molar-refractivity contribution is 5.91. The predicted octanol–water partition coefficient (Wildman–Crippen LogP) is 2.51. The third-order valence-electron chi connectivity index (χ3n) is 3.71. The fourth-order valence-corrected chi connectivity index (χ4v) is 2.56. The number of nitrogens with one attached hydrogen (secondary N) is 1. The summed E-state index contributed by atoms with van der Waals surface area (Å²) in [7, 11) is 0. The molecule has 0 heterocycles. The van der Waals surface area contributed by atoms with Gasteiger partial charge in [0.05, 0.1) is 6.10 Å². The van der Waals surface area contributed by atoms with Gasteiger partial charge in [-0.3, -0.25) is 4.79 Å². The van der Waals surface area contributed by atoms with Crippen LogP contribution in [0.1, 0.15) is 31.2 Å². The molecular weight excluding hydrogens is 257 g/mol. The lowest BCUT2D eigenvalue weighted by molar-refractivity contribution is -0.117. The van der Waals surface area contributed by atoms with Gasteiger partial charge in [0.2, 0.25) is 5.91 Å². The number of hydrogen-bond acceptors (Lipinski definition) is 2. The third-order valence-corrected chi connectivity index (χ3v) is 3.71. The van der Waals surface area contributed by atoms with E-state index in [0.717, 1.165) is 25.7 Å². The summed E-state index contributed by atoms with van der Waals surface area (Å²) in [5.74, 6) is -0.293. The zero-order valence-corrected chi connectivity index (χ0v) is 11.4. The first kappa shape index (κ1) is 14.7. The van der Waals surface area contributed by atoms with Crippen molar-refractivity contribution in [3.63, 3.8) is 0 Å². The molecule has 1 fully saturated rings. The van der Waals surface area contributed by atoms with Crippen LogP contribution in [-0.4, -0.2) is 23.7 Å². The fraction of sp³-hybridized carbons (Fsp3) is 0.438. The van der Waals surface area contributed by atoms with Gasteiger partial charge in [0, 0.05) is 12.6 Å². The maximum Gasteiger partial charge on any atom is 0.244 e. The van der Waals surface area contributed by atoms with Gasteiger partial charge in [0.15, 0.2) is 0 Å². The average Bonchev–Trinajstić information content (AvgIpc) is 2.97. The minimum atomic E-state index is -0.469. The van der Waals surface area contributed by atoms with Gasteiger partial charge in [-0.25, -0.2) is 4.39 Å². The van der Waals surface area contributed by atoms with Crippen LogP contribution in [0, 0.1) is 11.7 Å². The highest BCUT2D eigenvalue weighted by Gasteiger charge is 2.22. The quantitative estimate of drug-likeness (QED) is 0.812. The van der Waals surface area contributed by atoms with Crippen LogP contribution in [-0.2, 0) is 4.79 Å². The Morgan fingerprint density at radius 1 is 1.45 bits per heavy atom. The van der Waals surface area contributed by atoms with Crippen LogP contribution in [0.5, 0.6) is 0 Å². The van der Waals surface area contributed by atoms with Gasteiger partial charge in [-0.2, -0.15) is 0 Å². The van der Waals surface area contributed by atoms with E-state index in [0.29, 0.717) is 11.5 Å². The highest BCUT2D eigenvalue weighted by atomic mass is 19.1. The molecule has 1 aliphatic rings. The molecule has 1 unspecified atom stereocenters. The van der Waals surface area contributed by atoms with Crippen molar-refractivity contribution >= 4 is 12.0 Å². The molecule has 0 saturated heterocycles. The van der Waals surface area contributed by atoms with E-state index in [2.05, 4.69) is 5.32 Å². The Kier molecular flexibility index (Phi) is 5.30. The number of rotatable bonds is 5. The van der Waals surface area contributed by atoms with E-state index in [-0.39, 0.29) is 18.3 Å². The number of benzene rings is 1. The molecule has 20 heavy (non-hydrogen) atoms. The van der Waals surface area contributed by atoms with Crippen LogP contribution in [0.25, 0.3) is 6.08 Å². The molecule has 4 heteroatoms. The lowest BCUT2D eigenvalue weighted by Gasteiger charge is -2.17. The van der Waals surface area contributed by atoms with Crippen LogP contribution >= 0.6 is 0 Å². The molecule has 0 aromatic heterocycles. The van der Waals surface area contributed by atoms with Crippen molar-refractivity contribution in [2.75, 3.05) is 6.54 Å². The Balaban J connectivity index is 1.77. The van der Waals surface area contributed by atoms with Gasteiger partial charge in [-0.05, 0) is 42.5 Å². The number of carbonyl (C=O) groups excluding carboxylic acids is 1. The zero-order valence-electron chi connectivity index (χ0n) is 11.4. The van der Waals surface area contributed by atoms with Crippen molar-refractivity contribution in [2.45, 2.75) is 31.8 Å². The molecule has 0 bridgehead atoms. The second-order valence-corrected chi connectivity index (χ2v) is 5.25. The van der Waals surface area contributed by atoms with E-state index in [4.69, 9.17) is 0 Å². The average molecular weight is 277 g/mol. The maximum absolute atomic E-state index is 13.0. The SMILES string of the molecule is O=C(/C=C/c1cccc(F)c1)NCC(O)C1CCCC1.